The minimum absolute atomic E-state index is 0.355. The Balaban J connectivity index is 2.01. The standard InChI is InChI=1S/C11H15BrClN3O/c1-16(6-7-3-8(13)4-7)11-14-5-9(12)10(15-11)17-2/h5,7-8H,3-4,6H2,1-2H3. The van der Waals surface area contributed by atoms with E-state index < -0.39 is 0 Å². The van der Waals surface area contributed by atoms with Gasteiger partial charge in [-0.15, -0.1) is 11.6 Å². The van der Waals surface area contributed by atoms with E-state index in [4.69, 9.17) is 16.3 Å². The van der Waals surface area contributed by atoms with Crippen LogP contribution in [-0.4, -0.2) is 36.0 Å². The van der Waals surface area contributed by atoms with Gasteiger partial charge < -0.3 is 9.64 Å². The summed E-state index contributed by atoms with van der Waals surface area (Å²) in [6.07, 6.45) is 3.88. The van der Waals surface area contributed by atoms with Crippen LogP contribution in [0.25, 0.3) is 0 Å². The number of hydrogen-bond acceptors (Lipinski definition) is 4. The molecule has 0 saturated heterocycles. The van der Waals surface area contributed by atoms with Gasteiger partial charge in [-0.3, -0.25) is 0 Å². The highest BCUT2D eigenvalue weighted by Gasteiger charge is 2.28. The zero-order chi connectivity index (χ0) is 12.4. The van der Waals surface area contributed by atoms with E-state index in [1.54, 1.807) is 13.3 Å². The maximum absolute atomic E-state index is 5.97. The highest BCUT2D eigenvalue weighted by atomic mass is 79.9. The third-order valence-electron chi connectivity index (χ3n) is 2.94. The van der Waals surface area contributed by atoms with E-state index in [2.05, 4.69) is 25.9 Å². The molecule has 0 N–H and O–H groups in total. The van der Waals surface area contributed by atoms with Crippen LogP contribution >= 0.6 is 27.5 Å². The molecule has 0 aliphatic heterocycles. The smallest absolute Gasteiger partial charge is 0.232 e. The molecular formula is C11H15BrClN3O. The summed E-state index contributed by atoms with van der Waals surface area (Å²) >= 11 is 9.30. The van der Waals surface area contributed by atoms with Gasteiger partial charge in [-0.05, 0) is 34.7 Å². The summed E-state index contributed by atoms with van der Waals surface area (Å²) in [5.41, 5.74) is 0. The average Bonchev–Trinajstić information content (AvgIpc) is 2.27. The molecule has 1 aliphatic carbocycles. The van der Waals surface area contributed by atoms with Gasteiger partial charge in [-0.2, -0.15) is 4.98 Å². The van der Waals surface area contributed by atoms with Gasteiger partial charge in [0.1, 0.15) is 0 Å². The fraction of sp³-hybridized carbons (Fsp3) is 0.636. The molecule has 2 rings (SSSR count). The molecular weight excluding hydrogens is 305 g/mol. The van der Waals surface area contributed by atoms with Crippen LogP contribution in [0, 0.1) is 5.92 Å². The molecule has 0 atom stereocenters. The Hall–Kier alpha value is -0.550. The van der Waals surface area contributed by atoms with Crippen LogP contribution in [0.4, 0.5) is 5.95 Å². The number of rotatable bonds is 4. The molecule has 94 valence electrons. The fourth-order valence-electron chi connectivity index (χ4n) is 1.94. The molecule has 0 spiro atoms. The summed E-state index contributed by atoms with van der Waals surface area (Å²) in [5.74, 6) is 1.90. The van der Waals surface area contributed by atoms with E-state index in [0.29, 0.717) is 23.1 Å². The monoisotopic (exact) mass is 319 g/mol. The number of aromatic nitrogens is 2. The normalized spacial score (nSPS) is 23.1. The lowest BCUT2D eigenvalue weighted by molar-refractivity contribution is 0.327. The van der Waals surface area contributed by atoms with E-state index in [-0.39, 0.29) is 0 Å². The van der Waals surface area contributed by atoms with Gasteiger partial charge in [0.05, 0.1) is 17.8 Å². The van der Waals surface area contributed by atoms with E-state index in [9.17, 15) is 0 Å². The Kier molecular flexibility index (Phi) is 4.09. The molecule has 1 aromatic rings. The van der Waals surface area contributed by atoms with Gasteiger partial charge in [-0.1, -0.05) is 0 Å². The molecule has 1 aliphatic rings. The first-order valence-corrected chi connectivity index (χ1v) is 6.74. The summed E-state index contributed by atoms with van der Waals surface area (Å²) in [7, 11) is 3.59. The van der Waals surface area contributed by atoms with Crippen LogP contribution in [0.3, 0.4) is 0 Å². The van der Waals surface area contributed by atoms with Crippen molar-refractivity contribution in [1.82, 2.24) is 9.97 Å². The second-order valence-corrected chi connectivity index (χ2v) is 5.81. The largest absolute Gasteiger partial charge is 0.480 e. The molecule has 0 bridgehead atoms. The van der Waals surface area contributed by atoms with Crippen LogP contribution in [0.2, 0.25) is 0 Å². The third kappa shape index (κ3) is 3.01. The summed E-state index contributed by atoms with van der Waals surface area (Å²) in [5, 5.41) is 0.355. The first kappa shape index (κ1) is 12.9. The topological polar surface area (TPSA) is 38.2 Å². The van der Waals surface area contributed by atoms with E-state index in [1.807, 2.05) is 11.9 Å². The maximum Gasteiger partial charge on any atom is 0.232 e. The van der Waals surface area contributed by atoms with Crippen molar-refractivity contribution in [1.29, 1.82) is 0 Å². The van der Waals surface area contributed by atoms with Crippen LogP contribution in [0.1, 0.15) is 12.8 Å². The van der Waals surface area contributed by atoms with Crippen molar-refractivity contribution in [2.75, 3.05) is 25.6 Å². The Morgan fingerprint density at radius 1 is 1.59 bits per heavy atom. The molecule has 6 heteroatoms. The SMILES string of the molecule is COc1nc(N(C)CC2CC(Cl)C2)ncc1Br. The first-order chi connectivity index (χ1) is 8.10. The molecule has 1 heterocycles. The molecule has 17 heavy (non-hydrogen) atoms. The quantitative estimate of drug-likeness (QED) is 0.800. The highest BCUT2D eigenvalue weighted by molar-refractivity contribution is 9.10. The number of nitrogens with zero attached hydrogens (tertiary/aromatic N) is 3. The summed E-state index contributed by atoms with van der Waals surface area (Å²) in [6.45, 7) is 0.938. The van der Waals surface area contributed by atoms with Crippen molar-refractivity contribution in [3.05, 3.63) is 10.7 Å². The van der Waals surface area contributed by atoms with Crippen LogP contribution in [-0.2, 0) is 0 Å². The zero-order valence-electron chi connectivity index (χ0n) is 9.86. The molecule has 4 nitrogen and oxygen atoms in total. The van der Waals surface area contributed by atoms with E-state index in [0.717, 1.165) is 23.9 Å². The lowest BCUT2D eigenvalue weighted by atomic mass is 9.84. The van der Waals surface area contributed by atoms with Crippen molar-refractivity contribution >= 4 is 33.5 Å². The Morgan fingerprint density at radius 2 is 2.29 bits per heavy atom. The Morgan fingerprint density at radius 3 is 2.88 bits per heavy atom. The number of alkyl halides is 1. The third-order valence-corrected chi connectivity index (χ3v) is 3.84. The molecule has 0 aromatic carbocycles. The second kappa shape index (κ2) is 5.40. The Labute approximate surface area is 114 Å². The molecule has 0 amide bonds. The van der Waals surface area contributed by atoms with Crippen LogP contribution in [0.5, 0.6) is 5.88 Å². The number of anilines is 1. The summed E-state index contributed by atoms with van der Waals surface area (Å²) < 4.78 is 5.92. The van der Waals surface area contributed by atoms with E-state index in [1.165, 1.54) is 0 Å². The minimum Gasteiger partial charge on any atom is -0.480 e. The van der Waals surface area contributed by atoms with Crippen LogP contribution in [0.15, 0.2) is 10.7 Å². The highest BCUT2D eigenvalue weighted by Crippen LogP contribution is 2.33. The number of ether oxygens (including phenoxy) is 1. The first-order valence-electron chi connectivity index (χ1n) is 5.52. The van der Waals surface area contributed by atoms with Gasteiger partial charge in [0.25, 0.3) is 0 Å². The van der Waals surface area contributed by atoms with Crippen LogP contribution < -0.4 is 9.64 Å². The lowest BCUT2D eigenvalue weighted by Crippen LogP contribution is -2.35. The molecule has 1 saturated carbocycles. The van der Waals surface area contributed by atoms with Crippen molar-refractivity contribution in [3.8, 4) is 5.88 Å². The maximum atomic E-state index is 5.97. The average molecular weight is 321 g/mol. The number of hydrogen-bond donors (Lipinski definition) is 0. The van der Waals surface area contributed by atoms with E-state index >= 15 is 0 Å². The summed E-state index contributed by atoms with van der Waals surface area (Å²) in [6, 6.07) is 0. The minimum atomic E-state index is 0.355. The van der Waals surface area contributed by atoms with Crippen molar-refractivity contribution in [3.63, 3.8) is 0 Å². The van der Waals surface area contributed by atoms with Gasteiger partial charge in [0.2, 0.25) is 11.8 Å². The predicted octanol–water partition coefficient (Wildman–Crippen LogP) is 2.70. The van der Waals surface area contributed by atoms with Crippen molar-refractivity contribution < 1.29 is 4.74 Å². The molecule has 1 aromatic heterocycles. The molecule has 0 radical (unpaired) electrons. The zero-order valence-corrected chi connectivity index (χ0v) is 12.2. The molecule has 0 unspecified atom stereocenters. The summed E-state index contributed by atoms with van der Waals surface area (Å²) in [4.78, 5) is 10.7. The molecule has 1 fully saturated rings. The van der Waals surface area contributed by atoms with Crippen molar-refractivity contribution in [2.45, 2.75) is 18.2 Å². The second-order valence-electron chi connectivity index (χ2n) is 4.34. The number of halogens is 2. The Bertz CT molecular complexity index is 398. The fourth-order valence-corrected chi connectivity index (χ4v) is 2.80. The van der Waals surface area contributed by atoms with Gasteiger partial charge >= 0.3 is 0 Å². The lowest BCUT2D eigenvalue weighted by Gasteiger charge is -2.34. The number of methoxy groups -OCH3 is 1. The van der Waals surface area contributed by atoms with Crippen molar-refractivity contribution in [2.24, 2.45) is 5.92 Å². The van der Waals surface area contributed by atoms with Gasteiger partial charge in [0.15, 0.2) is 0 Å². The van der Waals surface area contributed by atoms with Gasteiger partial charge in [0, 0.05) is 19.0 Å². The predicted molar refractivity (Wildman–Crippen MR) is 71.9 cm³/mol. The van der Waals surface area contributed by atoms with Gasteiger partial charge in [-0.25, -0.2) is 4.98 Å².